The summed E-state index contributed by atoms with van der Waals surface area (Å²) in [6.07, 6.45) is 1.21. The number of nitrogens with one attached hydrogen (secondary N) is 1. The molecule has 2 rings (SSSR count). The fourth-order valence-electron chi connectivity index (χ4n) is 2.77. The normalized spacial score (nSPS) is 19.1. The molecule has 4 heteroatoms. The highest BCUT2D eigenvalue weighted by molar-refractivity contribution is 9.10. The summed E-state index contributed by atoms with van der Waals surface area (Å²) in [4.78, 5) is 2.38. The number of halogens is 2. The lowest BCUT2D eigenvalue weighted by Gasteiger charge is -2.22. The summed E-state index contributed by atoms with van der Waals surface area (Å²) in [6.45, 7) is 10.7. The van der Waals surface area contributed by atoms with E-state index in [0.717, 1.165) is 37.4 Å². The molecule has 1 unspecified atom stereocenters. The van der Waals surface area contributed by atoms with E-state index in [1.54, 1.807) is 6.07 Å². The van der Waals surface area contributed by atoms with Crippen LogP contribution >= 0.6 is 15.9 Å². The molecule has 20 heavy (non-hydrogen) atoms. The van der Waals surface area contributed by atoms with Crippen molar-refractivity contribution in [3.05, 3.63) is 28.0 Å². The second kappa shape index (κ2) is 6.90. The van der Waals surface area contributed by atoms with Gasteiger partial charge >= 0.3 is 0 Å². The molecule has 2 nitrogen and oxygen atoms in total. The molecular formula is C16H24BrFN2. The Morgan fingerprint density at radius 3 is 2.90 bits per heavy atom. The first kappa shape index (κ1) is 15.8. The highest BCUT2D eigenvalue weighted by atomic mass is 79.9. The zero-order valence-electron chi connectivity index (χ0n) is 12.5. The van der Waals surface area contributed by atoms with Gasteiger partial charge in [-0.05, 0) is 71.9 Å². The highest BCUT2D eigenvalue weighted by Gasteiger charge is 2.24. The first-order chi connectivity index (χ1) is 9.47. The van der Waals surface area contributed by atoms with E-state index < -0.39 is 0 Å². The second-order valence-electron chi connectivity index (χ2n) is 6.21. The average molecular weight is 343 g/mol. The van der Waals surface area contributed by atoms with Crippen molar-refractivity contribution in [1.82, 2.24) is 5.32 Å². The van der Waals surface area contributed by atoms with Gasteiger partial charge in [0.25, 0.3) is 0 Å². The Hall–Kier alpha value is -0.610. The Balaban J connectivity index is 1.94. The Morgan fingerprint density at radius 1 is 1.45 bits per heavy atom. The molecule has 0 radical (unpaired) electrons. The maximum atomic E-state index is 13.5. The third-order valence-electron chi connectivity index (χ3n) is 3.85. The van der Waals surface area contributed by atoms with E-state index >= 15 is 0 Å². The molecule has 1 aromatic carbocycles. The Bertz CT molecular complexity index is 462. The van der Waals surface area contributed by atoms with Crippen molar-refractivity contribution < 1.29 is 4.39 Å². The van der Waals surface area contributed by atoms with E-state index in [2.05, 4.69) is 40.0 Å². The molecule has 1 aliphatic rings. The van der Waals surface area contributed by atoms with Crippen LogP contribution < -0.4 is 10.2 Å². The van der Waals surface area contributed by atoms with Crippen molar-refractivity contribution in [2.75, 3.05) is 31.1 Å². The van der Waals surface area contributed by atoms with Crippen LogP contribution in [0.4, 0.5) is 10.1 Å². The average Bonchev–Trinajstić information content (AvgIpc) is 2.82. The van der Waals surface area contributed by atoms with Gasteiger partial charge in [-0.15, -0.1) is 0 Å². The smallest absolute Gasteiger partial charge is 0.137 e. The number of hydrogen-bond donors (Lipinski definition) is 1. The van der Waals surface area contributed by atoms with Gasteiger partial charge in [0, 0.05) is 18.8 Å². The molecule has 1 atom stereocenters. The molecule has 0 aliphatic carbocycles. The third kappa shape index (κ3) is 3.95. The summed E-state index contributed by atoms with van der Waals surface area (Å²) in [7, 11) is 0. The molecule has 0 amide bonds. The number of aryl methyl sites for hydroxylation is 1. The molecule has 112 valence electrons. The van der Waals surface area contributed by atoms with Gasteiger partial charge in [-0.1, -0.05) is 13.8 Å². The number of anilines is 1. The van der Waals surface area contributed by atoms with Crippen molar-refractivity contribution in [2.45, 2.75) is 27.2 Å². The number of rotatable bonds is 5. The van der Waals surface area contributed by atoms with Gasteiger partial charge < -0.3 is 10.2 Å². The standard InChI is InChI=1S/C16H24BrFN2/c1-11(2)8-19-9-13-4-5-20(10-13)16-7-14(17)15(18)6-12(16)3/h6-7,11,13,19H,4-5,8-10H2,1-3H3. The van der Waals surface area contributed by atoms with Crippen molar-refractivity contribution in [3.63, 3.8) is 0 Å². The number of nitrogens with zero attached hydrogens (tertiary/aromatic N) is 1. The number of hydrogen-bond acceptors (Lipinski definition) is 2. The van der Waals surface area contributed by atoms with Crippen LogP contribution in [-0.2, 0) is 0 Å². The van der Waals surface area contributed by atoms with E-state index in [4.69, 9.17) is 0 Å². The van der Waals surface area contributed by atoms with Gasteiger partial charge in [0.2, 0.25) is 0 Å². The molecule has 0 aromatic heterocycles. The third-order valence-corrected chi connectivity index (χ3v) is 4.46. The molecule has 1 fully saturated rings. The van der Waals surface area contributed by atoms with Gasteiger partial charge in [-0.3, -0.25) is 0 Å². The molecule has 0 saturated carbocycles. The first-order valence-corrected chi connectivity index (χ1v) is 8.18. The van der Waals surface area contributed by atoms with E-state index in [1.165, 1.54) is 6.42 Å². The van der Waals surface area contributed by atoms with Crippen LogP contribution in [0, 0.1) is 24.6 Å². The van der Waals surface area contributed by atoms with Gasteiger partial charge in [-0.25, -0.2) is 4.39 Å². The lowest BCUT2D eigenvalue weighted by atomic mass is 10.1. The van der Waals surface area contributed by atoms with Gasteiger partial charge in [-0.2, -0.15) is 0 Å². The minimum atomic E-state index is -0.180. The quantitative estimate of drug-likeness (QED) is 0.870. The van der Waals surface area contributed by atoms with Crippen LogP contribution in [0.2, 0.25) is 0 Å². The molecule has 1 saturated heterocycles. The molecule has 1 aliphatic heterocycles. The molecule has 1 aromatic rings. The van der Waals surface area contributed by atoms with E-state index in [0.29, 0.717) is 16.3 Å². The van der Waals surface area contributed by atoms with Gasteiger partial charge in [0.05, 0.1) is 4.47 Å². The lowest BCUT2D eigenvalue weighted by molar-refractivity contribution is 0.477. The van der Waals surface area contributed by atoms with Crippen molar-refractivity contribution in [2.24, 2.45) is 11.8 Å². The van der Waals surface area contributed by atoms with Gasteiger partial charge in [0.1, 0.15) is 5.82 Å². The maximum Gasteiger partial charge on any atom is 0.137 e. The predicted molar refractivity (Wildman–Crippen MR) is 86.9 cm³/mol. The summed E-state index contributed by atoms with van der Waals surface area (Å²) in [5.41, 5.74) is 2.17. The minimum Gasteiger partial charge on any atom is -0.371 e. The topological polar surface area (TPSA) is 15.3 Å². The maximum absolute atomic E-state index is 13.5. The Morgan fingerprint density at radius 2 is 2.20 bits per heavy atom. The van der Waals surface area contributed by atoms with Crippen LogP contribution in [-0.4, -0.2) is 26.2 Å². The van der Waals surface area contributed by atoms with Crippen molar-refractivity contribution in [3.8, 4) is 0 Å². The lowest BCUT2D eigenvalue weighted by Crippen LogP contribution is -2.29. The van der Waals surface area contributed by atoms with E-state index in [9.17, 15) is 4.39 Å². The van der Waals surface area contributed by atoms with Crippen LogP contribution in [0.25, 0.3) is 0 Å². The fraction of sp³-hybridized carbons (Fsp3) is 0.625. The second-order valence-corrected chi connectivity index (χ2v) is 7.06. The van der Waals surface area contributed by atoms with Crippen LogP contribution in [0.3, 0.4) is 0 Å². The highest BCUT2D eigenvalue weighted by Crippen LogP contribution is 2.30. The minimum absolute atomic E-state index is 0.180. The summed E-state index contributed by atoms with van der Waals surface area (Å²) in [5.74, 6) is 1.21. The monoisotopic (exact) mass is 342 g/mol. The molecule has 1 N–H and O–H groups in total. The van der Waals surface area contributed by atoms with Crippen molar-refractivity contribution >= 4 is 21.6 Å². The summed E-state index contributed by atoms with van der Waals surface area (Å²) >= 11 is 3.29. The number of benzene rings is 1. The van der Waals surface area contributed by atoms with Crippen molar-refractivity contribution in [1.29, 1.82) is 0 Å². The molecule has 0 spiro atoms. The van der Waals surface area contributed by atoms with Crippen LogP contribution in [0.1, 0.15) is 25.8 Å². The summed E-state index contributed by atoms with van der Waals surface area (Å²) < 4.78 is 14.0. The zero-order chi connectivity index (χ0) is 14.7. The first-order valence-electron chi connectivity index (χ1n) is 7.38. The Labute approximate surface area is 129 Å². The van der Waals surface area contributed by atoms with E-state index in [1.807, 2.05) is 13.0 Å². The fourth-order valence-corrected chi connectivity index (χ4v) is 3.10. The largest absolute Gasteiger partial charge is 0.371 e. The molecule has 0 bridgehead atoms. The van der Waals surface area contributed by atoms with E-state index in [-0.39, 0.29) is 5.82 Å². The molecule has 1 heterocycles. The summed E-state index contributed by atoms with van der Waals surface area (Å²) in [5, 5.41) is 3.54. The summed E-state index contributed by atoms with van der Waals surface area (Å²) in [6, 6.07) is 3.53. The predicted octanol–water partition coefficient (Wildman–Crippen LogP) is 3.97. The van der Waals surface area contributed by atoms with Crippen LogP contribution in [0.5, 0.6) is 0 Å². The SMILES string of the molecule is Cc1cc(F)c(Br)cc1N1CCC(CNCC(C)C)C1. The van der Waals surface area contributed by atoms with Gasteiger partial charge in [0.15, 0.2) is 0 Å². The Kier molecular flexibility index (Phi) is 5.44. The molecular weight excluding hydrogens is 319 g/mol. The zero-order valence-corrected chi connectivity index (χ0v) is 14.1. The van der Waals surface area contributed by atoms with Crippen LogP contribution in [0.15, 0.2) is 16.6 Å².